The Bertz CT molecular complexity index is 1010. The summed E-state index contributed by atoms with van der Waals surface area (Å²) in [5.74, 6) is 0.421. The molecule has 1 amide bonds. The molecular weight excluding hydrogens is 420 g/mol. The third-order valence-corrected chi connectivity index (χ3v) is 6.66. The molecule has 2 aromatic rings. The number of hydrogen-bond acceptors (Lipinski definition) is 6. The van der Waals surface area contributed by atoms with Gasteiger partial charge in [-0.3, -0.25) is 4.79 Å². The lowest BCUT2D eigenvalue weighted by molar-refractivity contribution is 0.0730. The van der Waals surface area contributed by atoms with Crippen LogP contribution in [0.25, 0.3) is 0 Å². The minimum absolute atomic E-state index is 0.0476. The van der Waals surface area contributed by atoms with Crippen LogP contribution in [0.1, 0.15) is 10.4 Å². The SMILES string of the molecule is COc1ccc(C(=O)Nc2cc(S(=O)(=O)N3CCOCC3)ccc2Cl)cc1OC. The van der Waals surface area contributed by atoms with E-state index in [0.29, 0.717) is 30.3 Å². The molecule has 0 unspecified atom stereocenters. The number of benzene rings is 2. The Labute approximate surface area is 174 Å². The number of hydrogen-bond donors (Lipinski definition) is 1. The van der Waals surface area contributed by atoms with Crippen LogP contribution in [0, 0.1) is 0 Å². The highest BCUT2D eigenvalue weighted by Gasteiger charge is 2.27. The molecule has 1 fully saturated rings. The fourth-order valence-corrected chi connectivity index (χ4v) is 4.47. The predicted octanol–water partition coefficient (Wildman–Crippen LogP) is 2.63. The Morgan fingerprint density at radius 2 is 1.76 bits per heavy atom. The van der Waals surface area contributed by atoms with Crippen molar-refractivity contribution in [3.05, 3.63) is 47.0 Å². The third kappa shape index (κ3) is 4.64. The minimum Gasteiger partial charge on any atom is -0.493 e. The molecule has 1 aliphatic rings. The minimum atomic E-state index is -3.71. The van der Waals surface area contributed by atoms with Gasteiger partial charge in [-0.15, -0.1) is 0 Å². The molecule has 10 heteroatoms. The number of carbonyl (C=O) groups is 1. The molecule has 2 aromatic carbocycles. The number of rotatable bonds is 6. The molecule has 0 radical (unpaired) electrons. The highest BCUT2D eigenvalue weighted by molar-refractivity contribution is 7.89. The van der Waals surface area contributed by atoms with Gasteiger partial charge in [-0.1, -0.05) is 11.6 Å². The lowest BCUT2D eigenvalue weighted by Crippen LogP contribution is -2.40. The van der Waals surface area contributed by atoms with Gasteiger partial charge in [-0.2, -0.15) is 4.31 Å². The molecule has 0 bridgehead atoms. The van der Waals surface area contributed by atoms with E-state index >= 15 is 0 Å². The lowest BCUT2D eigenvalue weighted by Gasteiger charge is -2.26. The van der Waals surface area contributed by atoms with Crippen LogP contribution in [-0.2, 0) is 14.8 Å². The number of sulfonamides is 1. The van der Waals surface area contributed by atoms with Crippen LogP contribution >= 0.6 is 11.6 Å². The van der Waals surface area contributed by atoms with Crippen LogP contribution in [-0.4, -0.2) is 59.2 Å². The van der Waals surface area contributed by atoms with E-state index in [-0.39, 0.29) is 28.7 Å². The molecule has 1 aliphatic heterocycles. The monoisotopic (exact) mass is 440 g/mol. The lowest BCUT2D eigenvalue weighted by atomic mass is 10.2. The highest BCUT2D eigenvalue weighted by Crippen LogP contribution is 2.30. The first-order valence-corrected chi connectivity index (χ1v) is 10.6. The average molecular weight is 441 g/mol. The molecule has 0 aliphatic carbocycles. The summed E-state index contributed by atoms with van der Waals surface area (Å²) in [6.45, 7) is 1.24. The van der Waals surface area contributed by atoms with E-state index in [4.69, 9.17) is 25.8 Å². The van der Waals surface area contributed by atoms with Crippen LogP contribution in [0.4, 0.5) is 5.69 Å². The zero-order chi connectivity index (χ0) is 21.0. The second-order valence-corrected chi connectivity index (χ2v) is 8.53. The van der Waals surface area contributed by atoms with Gasteiger partial charge in [0.25, 0.3) is 5.91 Å². The fourth-order valence-electron chi connectivity index (χ4n) is 2.87. The number of ether oxygens (including phenoxy) is 3. The summed E-state index contributed by atoms with van der Waals surface area (Å²) in [5.41, 5.74) is 0.501. The van der Waals surface area contributed by atoms with Gasteiger partial charge in [-0.25, -0.2) is 8.42 Å². The van der Waals surface area contributed by atoms with Crippen LogP contribution in [0.2, 0.25) is 5.02 Å². The van der Waals surface area contributed by atoms with Crippen LogP contribution in [0.15, 0.2) is 41.3 Å². The van der Waals surface area contributed by atoms with Gasteiger partial charge in [0.15, 0.2) is 11.5 Å². The molecule has 0 atom stereocenters. The van der Waals surface area contributed by atoms with Crippen molar-refractivity contribution in [1.29, 1.82) is 0 Å². The summed E-state index contributed by atoms with van der Waals surface area (Å²) < 4.78 is 42.6. The van der Waals surface area contributed by atoms with E-state index < -0.39 is 15.9 Å². The summed E-state index contributed by atoms with van der Waals surface area (Å²) in [5, 5.41) is 2.88. The first-order valence-electron chi connectivity index (χ1n) is 8.77. The summed E-state index contributed by atoms with van der Waals surface area (Å²) >= 11 is 6.18. The molecular formula is C19H21ClN2O6S. The third-order valence-electron chi connectivity index (χ3n) is 4.44. The van der Waals surface area contributed by atoms with Crippen LogP contribution in [0.3, 0.4) is 0 Å². The molecule has 0 aromatic heterocycles. The summed E-state index contributed by atoms with van der Waals surface area (Å²) in [6, 6.07) is 8.91. The van der Waals surface area contributed by atoms with Crippen molar-refractivity contribution in [2.24, 2.45) is 0 Å². The maximum Gasteiger partial charge on any atom is 0.255 e. The number of carbonyl (C=O) groups excluding carboxylic acids is 1. The van der Waals surface area contributed by atoms with Crippen LogP contribution in [0.5, 0.6) is 11.5 Å². The van der Waals surface area contributed by atoms with Gasteiger partial charge in [0.05, 0.1) is 43.0 Å². The Hall–Kier alpha value is -2.33. The number of halogens is 1. The molecule has 1 saturated heterocycles. The van der Waals surface area contributed by atoms with Crippen molar-refractivity contribution in [3.8, 4) is 11.5 Å². The Kier molecular flexibility index (Phi) is 6.63. The molecule has 29 heavy (non-hydrogen) atoms. The zero-order valence-electron chi connectivity index (χ0n) is 16.0. The molecule has 1 heterocycles. The maximum atomic E-state index is 12.8. The van der Waals surface area contributed by atoms with Crippen molar-refractivity contribution in [2.75, 3.05) is 45.8 Å². The second kappa shape index (κ2) is 9.00. The quantitative estimate of drug-likeness (QED) is 0.742. The number of methoxy groups -OCH3 is 2. The Morgan fingerprint density at radius 3 is 2.41 bits per heavy atom. The zero-order valence-corrected chi connectivity index (χ0v) is 17.5. The molecule has 0 spiro atoms. The van der Waals surface area contributed by atoms with Gasteiger partial charge in [-0.05, 0) is 36.4 Å². The Balaban J connectivity index is 1.86. The van der Waals surface area contributed by atoms with Crippen molar-refractivity contribution < 1.29 is 27.4 Å². The standard InChI is InChI=1S/C19H21ClN2O6S/c1-26-17-6-3-13(11-18(17)27-2)19(23)21-16-12-14(4-5-15(16)20)29(24,25)22-7-9-28-10-8-22/h3-6,11-12H,7-10H2,1-2H3,(H,21,23). The van der Waals surface area contributed by atoms with Crippen LogP contribution < -0.4 is 14.8 Å². The van der Waals surface area contributed by atoms with Crippen molar-refractivity contribution >= 4 is 33.2 Å². The normalized spacial score (nSPS) is 15.0. The molecule has 0 saturated carbocycles. The van der Waals surface area contributed by atoms with Gasteiger partial charge in [0.2, 0.25) is 10.0 Å². The number of morpholine rings is 1. The first-order chi connectivity index (χ1) is 13.9. The average Bonchev–Trinajstić information content (AvgIpc) is 2.75. The van der Waals surface area contributed by atoms with Gasteiger partial charge in [0, 0.05) is 18.7 Å². The van der Waals surface area contributed by atoms with Gasteiger partial charge in [0.1, 0.15) is 0 Å². The highest BCUT2D eigenvalue weighted by atomic mass is 35.5. The first kappa shape index (κ1) is 21.4. The van der Waals surface area contributed by atoms with Crippen molar-refractivity contribution in [1.82, 2.24) is 4.31 Å². The van der Waals surface area contributed by atoms with Gasteiger partial charge < -0.3 is 19.5 Å². The number of nitrogens with one attached hydrogen (secondary N) is 1. The molecule has 3 rings (SSSR count). The fraction of sp³-hybridized carbons (Fsp3) is 0.316. The van der Waals surface area contributed by atoms with E-state index in [9.17, 15) is 13.2 Å². The molecule has 156 valence electrons. The number of amides is 1. The number of nitrogens with zero attached hydrogens (tertiary/aromatic N) is 1. The van der Waals surface area contributed by atoms with Gasteiger partial charge >= 0.3 is 0 Å². The molecule has 8 nitrogen and oxygen atoms in total. The van der Waals surface area contributed by atoms with E-state index in [1.165, 1.54) is 42.8 Å². The summed E-state index contributed by atoms with van der Waals surface area (Å²) in [7, 11) is -0.748. The molecule has 1 N–H and O–H groups in total. The largest absolute Gasteiger partial charge is 0.493 e. The second-order valence-electron chi connectivity index (χ2n) is 6.18. The topological polar surface area (TPSA) is 94.2 Å². The predicted molar refractivity (Wildman–Crippen MR) is 109 cm³/mol. The number of anilines is 1. The Morgan fingerprint density at radius 1 is 1.07 bits per heavy atom. The van der Waals surface area contributed by atoms with E-state index in [0.717, 1.165) is 0 Å². The van der Waals surface area contributed by atoms with Crippen molar-refractivity contribution in [3.63, 3.8) is 0 Å². The van der Waals surface area contributed by atoms with E-state index in [2.05, 4.69) is 5.32 Å². The van der Waals surface area contributed by atoms with Crippen molar-refractivity contribution in [2.45, 2.75) is 4.90 Å². The maximum absolute atomic E-state index is 12.8. The summed E-state index contributed by atoms with van der Waals surface area (Å²) in [6.07, 6.45) is 0. The smallest absolute Gasteiger partial charge is 0.255 e. The summed E-state index contributed by atoms with van der Waals surface area (Å²) in [4.78, 5) is 12.7. The van der Waals surface area contributed by atoms with E-state index in [1.54, 1.807) is 12.1 Å². The van der Waals surface area contributed by atoms with E-state index in [1.807, 2.05) is 0 Å².